The van der Waals surface area contributed by atoms with Crippen molar-refractivity contribution in [3.63, 3.8) is 0 Å². The lowest BCUT2D eigenvalue weighted by atomic mass is 10.2. The maximum absolute atomic E-state index is 12.1. The molecule has 0 saturated carbocycles. The van der Waals surface area contributed by atoms with Crippen LogP contribution in [0.5, 0.6) is 0 Å². The van der Waals surface area contributed by atoms with Crippen molar-refractivity contribution >= 4 is 40.9 Å². The molecule has 1 aliphatic carbocycles. The largest absolute Gasteiger partial charge is 0.478 e. The third-order valence-electron chi connectivity index (χ3n) is 4.18. The predicted molar refractivity (Wildman–Crippen MR) is 103 cm³/mol. The van der Waals surface area contributed by atoms with Gasteiger partial charge in [0.25, 0.3) is 0 Å². The molecule has 2 N–H and O–H groups in total. The summed E-state index contributed by atoms with van der Waals surface area (Å²) in [6.45, 7) is 0. The second-order valence-corrected chi connectivity index (χ2v) is 7.55. The number of halogens is 1. The zero-order valence-electron chi connectivity index (χ0n) is 14.3. The molecule has 1 heterocycles. The second kappa shape index (κ2) is 8.42. The van der Waals surface area contributed by atoms with Gasteiger partial charge in [-0.2, -0.15) is 5.26 Å². The first kappa shape index (κ1) is 19.2. The summed E-state index contributed by atoms with van der Waals surface area (Å²) < 4.78 is 0. The van der Waals surface area contributed by atoms with E-state index in [4.69, 9.17) is 16.7 Å². The molecule has 0 radical (unpaired) electrons. The van der Waals surface area contributed by atoms with Crippen LogP contribution in [0.4, 0.5) is 5.69 Å². The van der Waals surface area contributed by atoms with Gasteiger partial charge in [0, 0.05) is 23.6 Å². The van der Waals surface area contributed by atoms with Gasteiger partial charge in [0.1, 0.15) is 11.1 Å². The summed E-state index contributed by atoms with van der Waals surface area (Å²) in [7, 11) is 0. The van der Waals surface area contributed by atoms with Crippen LogP contribution in [-0.4, -0.2) is 27.7 Å². The Balaban J connectivity index is 1.58. The highest BCUT2D eigenvalue weighted by atomic mass is 35.5. The zero-order chi connectivity index (χ0) is 19.4. The Labute approximate surface area is 165 Å². The van der Waals surface area contributed by atoms with E-state index in [0.29, 0.717) is 22.0 Å². The number of carboxylic acid groups (broad SMARTS) is 1. The standard InChI is InChI=1S/C19H16ClN3O3S/c20-15-5-4-13(9-14(15)19(25)26)22-17(24)6-7-27-18-12(10-21)8-11-2-1-3-16(11)23-18/h4-5,8-9H,1-3,6-7H2,(H,22,24)(H,25,26). The van der Waals surface area contributed by atoms with Gasteiger partial charge in [0.2, 0.25) is 5.91 Å². The van der Waals surface area contributed by atoms with E-state index in [1.54, 1.807) is 6.07 Å². The Morgan fingerprint density at radius 2 is 2.15 bits per heavy atom. The maximum Gasteiger partial charge on any atom is 0.337 e. The number of rotatable bonds is 6. The third kappa shape index (κ3) is 4.59. The van der Waals surface area contributed by atoms with Crippen LogP contribution in [0.25, 0.3) is 0 Å². The maximum atomic E-state index is 12.1. The molecule has 2 aromatic rings. The number of thioether (sulfide) groups is 1. The van der Waals surface area contributed by atoms with Crippen LogP contribution in [0.15, 0.2) is 29.3 Å². The van der Waals surface area contributed by atoms with Gasteiger partial charge in [0.15, 0.2) is 0 Å². The highest BCUT2D eigenvalue weighted by Crippen LogP contribution is 2.28. The molecule has 3 rings (SSSR count). The molecule has 0 fully saturated rings. The minimum Gasteiger partial charge on any atom is -0.478 e. The van der Waals surface area contributed by atoms with Gasteiger partial charge in [-0.1, -0.05) is 11.6 Å². The van der Waals surface area contributed by atoms with E-state index in [9.17, 15) is 14.9 Å². The van der Waals surface area contributed by atoms with Gasteiger partial charge >= 0.3 is 5.97 Å². The first-order valence-corrected chi connectivity index (χ1v) is 9.72. The molecular weight excluding hydrogens is 386 g/mol. The number of fused-ring (bicyclic) bond motifs is 1. The van der Waals surface area contributed by atoms with Gasteiger partial charge < -0.3 is 10.4 Å². The third-order valence-corrected chi connectivity index (χ3v) is 5.51. The lowest BCUT2D eigenvalue weighted by Crippen LogP contribution is -2.13. The van der Waals surface area contributed by atoms with E-state index in [1.165, 1.54) is 23.9 Å². The average molecular weight is 402 g/mol. The molecule has 0 spiro atoms. The minimum atomic E-state index is -1.15. The Morgan fingerprint density at radius 1 is 1.33 bits per heavy atom. The lowest BCUT2D eigenvalue weighted by molar-refractivity contribution is -0.115. The summed E-state index contributed by atoms with van der Waals surface area (Å²) in [5.41, 5.74) is 3.05. The van der Waals surface area contributed by atoms with Crippen LogP contribution in [0, 0.1) is 11.3 Å². The fourth-order valence-corrected chi connectivity index (χ4v) is 3.99. The highest BCUT2D eigenvalue weighted by molar-refractivity contribution is 7.99. The molecule has 0 atom stereocenters. The van der Waals surface area contributed by atoms with E-state index >= 15 is 0 Å². The van der Waals surface area contributed by atoms with Crippen molar-refractivity contribution in [2.75, 3.05) is 11.1 Å². The molecule has 1 aromatic carbocycles. The number of carboxylic acids is 1. The molecule has 8 heteroatoms. The first-order valence-electron chi connectivity index (χ1n) is 8.36. The SMILES string of the molecule is N#Cc1cc2c(nc1SCCC(=O)Nc1ccc(Cl)c(C(=O)O)c1)CCC2. The van der Waals surface area contributed by atoms with Crippen molar-refractivity contribution < 1.29 is 14.7 Å². The molecule has 6 nitrogen and oxygen atoms in total. The summed E-state index contributed by atoms with van der Waals surface area (Å²) >= 11 is 7.20. The number of nitrogens with one attached hydrogen (secondary N) is 1. The summed E-state index contributed by atoms with van der Waals surface area (Å²) in [4.78, 5) is 27.8. The van der Waals surface area contributed by atoms with Crippen LogP contribution in [-0.2, 0) is 17.6 Å². The van der Waals surface area contributed by atoms with Crippen molar-refractivity contribution in [3.05, 3.63) is 51.7 Å². The molecular formula is C19H16ClN3O3S. The Morgan fingerprint density at radius 3 is 2.89 bits per heavy atom. The van der Waals surface area contributed by atoms with Gasteiger partial charge in [-0.15, -0.1) is 11.8 Å². The average Bonchev–Trinajstić information content (AvgIpc) is 3.09. The van der Waals surface area contributed by atoms with Crippen LogP contribution in [0.1, 0.15) is 40.0 Å². The second-order valence-electron chi connectivity index (χ2n) is 6.06. The van der Waals surface area contributed by atoms with Crippen molar-refractivity contribution in [1.82, 2.24) is 4.98 Å². The number of aromatic carboxylic acids is 1. The Bertz CT molecular complexity index is 956. The summed E-state index contributed by atoms with van der Waals surface area (Å²) in [5.74, 6) is -0.940. The number of pyridine rings is 1. The smallest absolute Gasteiger partial charge is 0.337 e. The van der Waals surface area contributed by atoms with E-state index in [0.717, 1.165) is 30.5 Å². The fourth-order valence-electron chi connectivity index (χ4n) is 2.87. The van der Waals surface area contributed by atoms with E-state index in [-0.39, 0.29) is 22.9 Å². The van der Waals surface area contributed by atoms with Crippen molar-refractivity contribution in [3.8, 4) is 6.07 Å². The summed E-state index contributed by atoms with van der Waals surface area (Å²) in [6, 6.07) is 8.38. The molecule has 27 heavy (non-hydrogen) atoms. The number of nitriles is 1. The zero-order valence-corrected chi connectivity index (χ0v) is 15.9. The predicted octanol–water partition coefficient (Wildman–Crippen LogP) is 3.91. The van der Waals surface area contributed by atoms with Gasteiger partial charge in [-0.25, -0.2) is 9.78 Å². The van der Waals surface area contributed by atoms with E-state index < -0.39 is 5.97 Å². The Kier molecular flexibility index (Phi) is 5.99. The first-order chi connectivity index (χ1) is 13.0. The van der Waals surface area contributed by atoms with Gasteiger partial charge in [-0.3, -0.25) is 4.79 Å². The molecule has 0 saturated heterocycles. The molecule has 1 aliphatic rings. The minimum absolute atomic E-state index is 0.0650. The number of amides is 1. The monoisotopic (exact) mass is 401 g/mol. The quantitative estimate of drug-likeness (QED) is 0.711. The van der Waals surface area contributed by atoms with Crippen molar-refractivity contribution in [2.24, 2.45) is 0 Å². The number of hydrogen-bond acceptors (Lipinski definition) is 5. The van der Waals surface area contributed by atoms with Crippen LogP contribution >= 0.6 is 23.4 Å². The number of aryl methyl sites for hydroxylation is 2. The molecule has 0 unspecified atom stereocenters. The molecule has 1 aromatic heterocycles. The van der Waals surface area contributed by atoms with E-state index in [1.807, 2.05) is 6.07 Å². The van der Waals surface area contributed by atoms with Crippen LogP contribution in [0.2, 0.25) is 5.02 Å². The normalized spacial score (nSPS) is 12.3. The Hall–Kier alpha value is -2.56. The lowest BCUT2D eigenvalue weighted by Gasteiger charge is -2.08. The number of anilines is 1. The van der Waals surface area contributed by atoms with Crippen molar-refractivity contribution in [1.29, 1.82) is 5.26 Å². The topological polar surface area (TPSA) is 103 Å². The number of aromatic nitrogens is 1. The fraction of sp³-hybridized carbons (Fsp3) is 0.263. The molecule has 0 bridgehead atoms. The number of carbonyl (C=O) groups is 2. The summed E-state index contributed by atoms with van der Waals surface area (Å²) in [6.07, 6.45) is 3.16. The molecule has 138 valence electrons. The van der Waals surface area contributed by atoms with Crippen LogP contribution in [0.3, 0.4) is 0 Å². The molecule has 1 amide bonds. The number of carbonyl (C=O) groups excluding carboxylic acids is 1. The van der Waals surface area contributed by atoms with Gasteiger partial charge in [-0.05, 0) is 49.1 Å². The highest BCUT2D eigenvalue weighted by Gasteiger charge is 2.17. The summed E-state index contributed by atoms with van der Waals surface area (Å²) in [5, 5.41) is 21.8. The number of hydrogen-bond donors (Lipinski definition) is 2. The molecule has 0 aliphatic heterocycles. The number of nitrogens with zero attached hydrogens (tertiary/aromatic N) is 2. The van der Waals surface area contributed by atoms with Crippen LogP contribution < -0.4 is 5.32 Å². The van der Waals surface area contributed by atoms with Gasteiger partial charge in [0.05, 0.1) is 16.1 Å². The van der Waals surface area contributed by atoms with Crippen molar-refractivity contribution in [2.45, 2.75) is 30.7 Å². The van der Waals surface area contributed by atoms with E-state index in [2.05, 4.69) is 16.4 Å². The number of benzene rings is 1.